The SMILES string of the molecule is COc1ccc(NC(N)=NC(N)=NC(C)C)cc1. The zero-order valence-electron chi connectivity index (χ0n) is 10.8. The number of ether oxygens (including phenoxy) is 1. The molecular formula is C12H19N5O. The third-order valence-electron chi connectivity index (χ3n) is 1.99. The predicted molar refractivity (Wildman–Crippen MR) is 75.0 cm³/mol. The van der Waals surface area contributed by atoms with Gasteiger partial charge in [0.2, 0.25) is 11.9 Å². The molecule has 0 fully saturated rings. The van der Waals surface area contributed by atoms with Crippen LogP contribution in [0.4, 0.5) is 5.69 Å². The molecule has 98 valence electrons. The van der Waals surface area contributed by atoms with E-state index in [4.69, 9.17) is 16.2 Å². The number of hydrogen-bond donors (Lipinski definition) is 3. The van der Waals surface area contributed by atoms with Gasteiger partial charge < -0.3 is 21.5 Å². The van der Waals surface area contributed by atoms with Crippen LogP contribution in [0.2, 0.25) is 0 Å². The number of rotatable bonds is 3. The Morgan fingerprint density at radius 1 is 1.22 bits per heavy atom. The van der Waals surface area contributed by atoms with Crippen LogP contribution in [-0.4, -0.2) is 25.1 Å². The lowest BCUT2D eigenvalue weighted by atomic mass is 10.3. The van der Waals surface area contributed by atoms with E-state index in [1.165, 1.54) is 0 Å². The second-order valence-corrected chi connectivity index (χ2v) is 3.93. The first kappa shape index (κ1) is 13.8. The van der Waals surface area contributed by atoms with Crippen LogP contribution >= 0.6 is 0 Å². The lowest BCUT2D eigenvalue weighted by molar-refractivity contribution is 0.415. The van der Waals surface area contributed by atoms with Crippen molar-refractivity contribution < 1.29 is 4.74 Å². The zero-order valence-corrected chi connectivity index (χ0v) is 10.8. The molecule has 0 saturated heterocycles. The van der Waals surface area contributed by atoms with Crippen molar-refractivity contribution in [3.8, 4) is 5.75 Å². The van der Waals surface area contributed by atoms with Crippen LogP contribution in [0, 0.1) is 0 Å². The first-order valence-electron chi connectivity index (χ1n) is 5.59. The number of aliphatic imine (C=N–C) groups is 2. The Hall–Kier alpha value is -2.24. The fourth-order valence-electron chi connectivity index (χ4n) is 1.27. The highest BCUT2D eigenvalue weighted by Crippen LogP contribution is 2.14. The summed E-state index contributed by atoms with van der Waals surface area (Å²) >= 11 is 0. The van der Waals surface area contributed by atoms with E-state index in [0.29, 0.717) is 0 Å². The smallest absolute Gasteiger partial charge is 0.218 e. The molecule has 0 aliphatic carbocycles. The largest absolute Gasteiger partial charge is 0.497 e. The average Bonchev–Trinajstić information content (AvgIpc) is 2.28. The van der Waals surface area contributed by atoms with Gasteiger partial charge in [0.15, 0.2) is 0 Å². The Morgan fingerprint density at radius 3 is 2.33 bits per heavy atom. The van der Waals surface area contributed by atoms with E-state index < -0.39 is 0 Å². The molecule has 5 N–H and O–H groups in total. The quantitative estimate of drug-likeness (QED) is 0.552. The molecule has 0 bridgehead atoms. The Morgan fingerprint density at radius 2 is 1.83 bits per heavy atom. The lowest BCUT2D eigenvalue weighted by Crippen LogP contribution is -2.26. The summed E-state index contributed by atoms with van der Waals surface area (Å²) in [5.41, 5.74) is 12.1. The molecule has 0 aliphatic rings. The first-order chi connectivity index (χ1) is 8.51. The molecule has 0 radical (unpaired) electrons. The van der Waals surface area contributed by atoms with E-state index in [2.05, 4.69) is 15.3 Å². The highest BCUT2D eigenvalue weighted by Gasteiger charge is 1.98. The van der Waals surface area contributed by atoms with E-state index in [1.807, 2.05) is 38.1 Å². The highest BCUT2D eigenvalue weighted by atomic mass is 16.5. The number of benzene rings is 1. The van der Waals surface area contributed by atoms with Crippen molar-refractivity contribution in [1.29, 1.82) is 0 Å². The summed E-state index contributed by atoms with van der Waals surface area (Å²) in [4.78, 5) is 7.99. The van der Waals surface area contributed by atoms with Crippen molar-refractivity contribution in [2.24, 2.45) is 21.5 Å². The molecular weight excluding hydrogens is 230 g/mol. The van der Waals surface area contributed by atoms with E-state index >= 15 is 0 Å². The van der Waals surface area contributed by atoms with Gasteiger partial charge in [-0.3, -0.25) is 0 Å². The molecule has 0 aromatic heterocycles. The van der Waals surface area contributed by atoms with E-state index in [0.717, 1.165) is 11.4 Å². The number of guanidine groups is 2. The normalized spacial score (nSPS) is 12.7. The van der Waals surface area contributed by atoms with Gasteiger partial charge in [-0.1, -0.05) is 0 Å². The number of nitrogens with two attached hydrogens (primary N) is 2. The standard InChI is InChI=1S/C12H19N5O/c1-8(2)15-11(13)17-12(14)16-9-4-6-10(18-3)7-5-9/h4-8H,1-3H3,(H5,13,14,15,16,17). The van der Waals surface area contributed by atoms with Crippen LogP contribution in [0.25, 0.3) is 0 Å². The summed E-state index contributed by atoms with van der Waals surface area (Å²) < 4.78 is 5.05. The van der Waals surface area contributed by atoms with Crippen molar-refractivity contribution in [3.63, 3.8) is 0 Å². The van der Waals surface area contributed by atoms with Crippen LogP contribution in [0.5, 0.6) is 5.75 Å². The predicted octanol–water partition coefficient (Wildman–Crippen LogP) is 1.14. The fourth-order valence-corrected chi connectivity index (χ4v) is 1.27. The second kappa shape index (κ2) is 6.48. The summed E-state index contributed by atoms with van der Waals surface area (Å²) in [6, 6.07) is 7.39. The van der Waals surface area contributed by atoms with E-state index in [9.17, 15) is 0 Å². The van der Waals surface area contributed by atoms with E-state index in [1.54, 1.807) is 7.11 Å². The van der Waals surface area contributed by atoms with E-state index in [-0.39, 0.29) is 18.0 Å². The molecule has 0 amide bonds. The zero-order chi connectivity index (χ0) is 13.5. The molecule has 0 spiro atoms. The lowest BCUT2D eigenvalue weighted by Gasteiger charge is -2.06. The molecule has 6 nitrogen and oxygen atoms in total. The molecule has 0 heterocycles. The van der Waals surface area contributed by atoms with Crippen molar-refractivity contribution in [3.05, 3.63) is 24.3 Å². The van der Waals surface area contributed by atoms with Crippen molar-refractivity contribution in [2.75, 3.05) is 12.4 Å². The Kier molecular flexibility index (Phi) is 4.98. The topological polar surface area (TPSA) is 98.0 Å². The van der Waals surface area contributed by atoms with Gasteiger partial charge in [-0.25, -0.2) is 4.99 Å². The third-order valence-corrected chi connectivity index (χ3v) is 1.99. The molecule has 18 heavy (non-hydrogen) atoms. The Balaban J connectivity index is 2.68. The summed E-state index contributed by atoms with van der Waals surface area (Å²) in [7, 11) is 1.61. The van der Waals surface area contributed by atoms with Gasteiger partial charge >= 0.3 is 0 Å². The number of nitrogens with one attached hydrogen (secondary N) is 1. The second-order valence-electron chi connectivity index (χ2n) is 3.93. The Labute approximate surface area is 107 Å². The summed E-state index contributed by atoms with van der Waals surface area (Å²) in [6.07, 6.45) is 0. The maximum atomic E-state index is 5.70. The molecule has 1 rings (SSSR count). The number of anilines is 1. The maximum Gasteiger partial charge on any atom is 0.218 e. The van der Waals surface area contributed by atoms with Gasteiger partial charge in [0, 0.05) is 11.7 Å². The van der Waals surface area contributed by atoms with Gasteiger partial charge in [0.25, 0.3) is 0 Å². The van der Waals surface area contributed by atoms with Crippen LogP contribution in [-0.2, 0) is 0 Å². The third kappa shape index (κ3) is 4.73. The summed E-state index contributed by atoms with van der Waals surface area (Å²) in [6.45, 7) is 3.82. The molecule has 0 atom stereocenters. The minimum atomic E-state index is 0.0857. The number of hydrogen-bond acceptors (Lipinski definition) is 2. The van der Waals surface area contributed by atoms with Gasteiger partial charge in [-0.15, -0.1) is 0 Å². The van der Waals surface area contributed by atoms with Crippen molar-refractivity contribution >= 4 is 17.6 Å². The molecule has 6 heteroatoms. The molecule has 1 aromatic rings. The van der Waals surface area contributed by atoms with Gasteiger partial charge in [0.1, 0.15) is 5.75 Å². The molecule has 0 saturated carbocycles. The highest BCUT2D eigenvalue weighted by molar-refractivity contribution is 6.00. The molecule has 0 unspecified atom stereocenters. The van der Waals surface area contributed by atoms with Gasteiger partial charge in [-0.2, -0.15) is 4.99 Å². The van der Waals surface area contributed by atoms with Gasteiger partial charge in [-0.05, 0) is 38.1 Å². The number of methoxy groups -OCH3 is 1. The maximum absolute atomic E-state index is 5.70. The first-order valence-corrected chi connectivity index (χ1v) is 5.59. The molecule has 0 aliphatic heterocycles. The summed E-state index contributed by atoms with van der Waals surface area (Å²) in [5.74, 6) is 1.13. The van der Waals surface area contributed by atoms with Crippen LogP contribution in [0.3, 0.4) is 0 Å². The van der Waals surface area contributed by atoms with Gasteiger partial charge in [0.05, 0.1) is 7.11 Å². The fraction of sp³-hybridized carbons (Fsp3) is 0.333. The monoisotopic (exact) mass is 249 g/mol. The van der Waals surface area contributed by atoms with Crippen LogP contribution in [0.1, 0.15) is 13.8 Å². The minimum Gasteiger partial charge on any atom is -0.497 e. The summed E-state index contributed by atoms with van der Waals surface area (Å²) in [5, 5.41) is 2.91. The van der Waals surface area contributed by atoms with Crippen molar-refractivity contribution in [2.45, 2.75) is 19.9 Å². The molecule has 1 aromatic carbocycles. The van der Waals surface area contributed by atoms with Crippen molar-refractivity contribution in [1.82, 2.24) is 0 Å². The van der Waals surface area contributed by atoms with Crippen LogP contribution < -0.4 is 21.5 Å². The minimum absolute atomic E-state index is 0.0857. The Bertz CT molecular complexity index is 436. The average molecular weight is 249 g/mol. The number of nitrogens with zero attached hydrogens (tertiary/aromatic N) is 2. The van der Waals surface area contributed by atoms with Crippen LogP contribution in [0.15, 0.2) is 34.3 Å².